The first-order valence-electron chi connectivity index (χ1n) is 7.61. The van der Waals surface area contributed by atoms with Gasteiger partial charge in [0.05, 0.1) is 5.69 Å². The lowest BCUT2D eigenvalue weighted by atomic mass is 10.2. The van der Waals surface area contributed by atoms with E-state index in [0.29, 0.717) is 18.2 Å². The van der Waals surface area contributed by atoms with Crippen LogP contribution < -0.4 is 15.5 Å². The van der Waals surface area contributed by atoms with E-state index in [1.54, 1.807) is 24.1 Å². The summed E-state index contributed by atoms with van der Waals surface area (Å²) in [6, 6.07) is 9.25. The van der Waals surface area contributed by atoms with Crippen LogP contribution in [0.2, 0.25) is 0 Å². The minimum Gasteiger partial charge on any atom is -0.375 e. The lowest BCUT2D eigenvalue weighted by Crippen LogP contribution is -2.38. The van der Waals surface area contributed by atoms with Crippen LogP contribution in [0.4, 0.5) is 10.1 Å². The molecule has 132 valence electrons. The monoisotopic (exact) mass is 445 g/mol. The van der Waals surface area contributed by atoms with Crippen LogP contribution in [0.5, 0.6) is 0 Å². The molecule has 1 heterocycles. The Balaban J connectivity index is 0.00000288. The maximum Gasteiger partial charge on any atom is 0.191 e. The van der Waals surface area contributed by atoms with E-state index in [1.807, 2.05) is 44.7 Å². The molecule has 0 atom stereocenters. The Labute approximate surface area is 160 Å². The van der Waals surface area contributed by atoms with Crippen LogP contribution in [0.15, 0.2) is 47.7 Å². The van der Waals surface area contributed by atoms with Crippen LogP contribution in [-0.4, -0.2) is 38.2 Å². The van der Waals surface area contributed by atoms with Gasteiger partial charge in [-0.1, -0.05) is 6.07 Å². The molecule has 0 spiro atoms. The van der Waals surface area contributed by atoms with Crippen LogP contribution in [0.1, 0.15) is 5.56 Å². The van der Waals surface area contributed by atoms with Crippen LogP contribution >= 0.6 is 24.0 Å². The molecule has 2 aromatic rings. The predicted octanol–water partition coefficient (Wildman–Crippen LogP) is 2.68. The van der Waals surface area contributed by atoms with Gasteiger partial charge in [-0.2, -0.15) is 0 Å². The maximum atomic E-state index is 13.9. The summed E-state index contributed by atoms with van der Waals surface area (Å²) in [6.07, 6.45) is 4.04. The van der Waals surface area contributed by atoms with Crippen molar-refractivity contribution in [1.82, 2.24) is 15.2 Å². The topological polar surface area (TPSA) is 44.6 Å². The summed E-state index contributed by atoms with van der Waals surface area (Å²) < 4.78 is 16.0. The number of rotatable bonds is 6. The highest BCUT2D eigenvalue weighted by Crippen LogP contribution is 2.18. The quantitative estimate of drug-likeness (QED) is 0.409. The van der Waals surface area contributed by atoms with Gasteiger partial charge in [-0.25, -0.2) is 4.39 Å². The summed E-state index contributed by atoms with van der Waals surface area (Å²) in [5.41, 5.74) is 1.46. The van der Waals surface area contributed by atoms with Crippen molar-refractivity contribution in [2.45, 2.75) is 13.1 Å². The van der Waals surface area contributed by atoms with Gasteiger partial charge in [0.2, 0.25) is 0 Å². The number of halogens is 2. The summed E-state index contributed by atoms with van der Waals surface area (Å²) in [5.74, 6) is 0.485. The summed E-state index contributed by atoms with van der Waals surface area (Å²) in [6.45, 7) is 2.15. The number of aromatic nitrogens is 1. The van der Waals surface area contributed by atoms with Gasteiger partial charge in [-0.05, 0) is 29.8 Å². The summed E-state index contributed by atoms with van der Waals surface area (Å²) in [4.78, 5) is 5.93. The molecule has 0 saturated heterocycles. The third kappa shape index (κ3) is 6.03. The van der Waals surface area contributed by atoms with Crippen LogP contribution in [0.25, 0.3) is 0 Å². The van der Waals surface area contributed by atoms with Gasteiger partial charge >= 0.3 is 0 Å². The van der Waals surface area contributed by atoms with E-state index >= 15 is 0 Å². The first-order valence-corrected chi connectivity index (χ1v) is 7.61. The normalized spacial score (nSPS) is 10.9. The molecule has 0 fully saturated rings. The fourth-order valence-corrected chi connectivity index (χ4v) is 2.25. The fraction of sp³-hybridized carbons (Fsp3) is 0.353. The third-order valence-electron chi connectivity index (χ3n) is 3.51. The van der Waals surface area contributed by atoms with E-state index in [4.69, 9.17) is 0 Å². The molecule has 0 saturated carbocycles. The molecule has 2 N–H and O–H groups in total. The van der Waals surface area contributed by atoms with E-state index < -0.39 is 0 Å². The van der Waals surface area contributed by atoms with E-state index in [0.717, 1.165) is 18.7 Å². The second-order valence-electron chi connectivity index (χ2n) is 5.45. The molecule has 1 aromatic heterocycles. The number of anilines is 1. The van der Waals surface area contributed by atoms with Crippen molar-refractivity contribution < 1.29 is 4.39 Å². The van der Waals surface area contributed by atoms with Gasteiger partial charge in [0, 0.05) is 53.2 Å². The number of aliphatic imine (C=N–C) groups is 1. The molecule has 24 heavy (non-hydrogen) atoms. The average molecular weight is 445 g/mol. The smallest absolute Gasteiger partial charge is 0.191 e. The third-order valence-corrected chi connectivity index (χ3v) is 3.51. The highest BCUT2D eigenvalue weighted by molar-refractivity contribution is 14.0. The van der Waals surface area contributed by atoms with Crippen molar-refractivity contribution in [3.8, 4) is 0 Å². The molecule has 0 aliphatic heterocycles. The molecule has 0 bridgehead atoms. The van der Waals surface area contributed by atoms with E-state index in [2.05, 4.69) is 20.2 Å². The largest absolute Gasteiger partial charge is 0.375 e. The van der Waals surface area contributed by atoms with Crippen LogP contribution in [-0.2, 0) is 13.1 Å². The summed E-state index contributed by atoms with van der Waals surface area (Å²) in [5, 5.41) is 6.43. The molecule has 0 amide bonds. The van der Waals surface area contributed by atoms with Crippen LogP contribution in [0.3, 0.4) is 0 Å². The van der Waals surface area contributed by atoms with Gasteiger partial charge in [0.15, 0.2) is 5.96 Å². The van der Waals surface area contributed by atoms with Crippen molar-refractivity contribution in [2.24, 2.45) is 4.99 Å². The first kappa shape index (κ1) is 20.3. The Kier molecular flexibility index (Phi) is 8.59. The fourth-order valence-electron chi connectivity index (χ4n) is 2.25. The Morgan fingerprint density at radius 3 is 2.50 bits per heavy atom. The standard InChI is InChI=1S/C17H24FN5.HI/c1-19-17(20-8-11-23-9-4-5-10-23)21-13-14-6-7-16(22(2)3)15(18)12-14;/h4-7,9-10,12H,8,11,13H2,1-3H3,(H2,19,20,21);1H. The lowest BCUT2D eigenvalue weighted by molar-refractivity contribution is 0.622. The molecule has 0 unspecified atom stereocenters. The number of hydrogen-bond acceptors (Lipinski definition) is 2. The number of nitrogens with zero attached hydrogens (tertiary/aromatic N) is 3. The maximum absolute atomic E-state index is 13.9. The van der Waals surface area contributed by atoms with Gasteiger partial charge in [-0.15, -0.1) is 24.0 Å². The molecular weight excluding hydrogens is 420 g/mol. The number of hydrogen-bond donors (Lipinski definition) is 2. The molecule has 0 radical (unpaired) electrons. The van der Waals surface area contributed by atoms with Gasteiger partial charge in [-0.3, -0.25) is 4.99 Å². The zero-order chi connectivity index (χ0) is 16.7. The van der Waals surface area contributed by atoms with Gasteiger partial charge < -0.3 is 20.1 Å². The zero-order valence-corrected chi connectivity index (χ0v) is 16.6. The Morgan fingerprint density at radius 1 is 1.21 bits per heavy atom. The van der Waals surface area contributed by atoms with Gasteiger partial charge in [0.1, 0.15) is 5.82 Å². The lowest BCUT2D eigenvalue weighted by Gasteiger charge is -2.15. The van der Waals surface area contributed by atoms with Gasteiger partial charge in [0.25, 0.3) is 0 Å². The highest BCUT2D eigenvalue weighted by Gasteiger charge is 2.05. The summed E-state index contributed by atoms with van der Waals surface area (Å²) in [7, 11) is 5.38. The molecule has 2 rings (SSSR count). The number of nitrogens with one attached hydrogen (secondary N) is 2. The Bertz CT molecular complexity index is 640. The molecule has 0 aliphatic carbocycles. The molecule has 1 aromatic carbocycles. The number of benzene rings is 1. The average Bonchev–Trinajstić information content (AvgIpc) is 3.03. The van der Waals surface area contributed by atoms with E-state index in [-0.39, 0.29) is 29.8 Å². The molecule has 5 nitrogen and oxygen atoms in total. The number of guanidine groups is 1. The first-order chi connectivity index (χ1) is 11.1. The molecule has 7 heteroatoms. The Hall–Kier alpha value is -1.77. The Morgan fingerprint density at radius 2 is 1.92 bits per heavy atom. The zero-order valence-electron chi connectivity index (χ0n) is 14.3. The molecular formula is C17H25FIN5. The highest BCUT2D eigenvalue weighted by atomic mass is 127. The van der Waals surface area contributed by atoms with Crippen molar-refractivity contribution in [3.63, 3.8) is 0 Å². The second kappa shape index (κ2) is 10.2. The van der Waals surface area contributed by atoms with E-state index in [9.17, 15) is 4.39 Å². The van der Waals surface area contributed by atoms with Crippen molar-refractivity contribution in [1.29, 1.82) is 0 Å². The SMILES string of the molecule is CN=C(NCCn1cccc1)NCc1ccc(N(C)C)c(F)c1.I. The minimum atomic E-state index is -0.218. The van der Waals surface area contributed by atoms with E-state index in [1.165, 1.54) is 0 Å². The summed E-state index contributed by atoms with van der Waals surface area (Å²) >= 11 is 0. The predicted molar refractivity (Wildman–Crippen MR) is 109 cm³/mol. The van der Waals surface area contributed by atoms with Crippen LogP contribution in [0, 0.1) is 5.82 Å². The minimum absolute atomic E-state index is 0. The second-order valence-corrected chi connectivity index (χ2v) is 5.45. The van der Waals surface area contributed by atoms with Crippen molar-refractivity contribution >= 4 is 35.6 Å². The molecule has 0 aliphatic rings. The van der Waals surface area contributed by atoms with Crippen molar-refractivity contribution in [3.05, 3.63) is 54.1 Å². The van der Waals surface area contributed by atoms with Crippen molar-refractivity contribution in [2.75, 3.05) is 32.6 Å².